The molecule has 0 bridgehead atoms. The highest BCUT2D eigenvalue weighted by Gasteiger charge is 2.56. The van der Waals surface area contributed by atoms with E-state index in [9.17, 15) is 9.90 Å². The van der Waals surface area contributed by atoms with Gasteiger partial charge in [0.05, 0.1) is 19.2 Å². The van der Waals surface area contributed by atoms with Crippen molar-refractivity contribution in [3.05, 3.63) is 95.3 Å². The number of nitrogens with zero attached hydrogens (tertiary/aromatic N) is 1. The Balaban J connectivity index is 1.49. The molecule has 6 nitrogen and oxygen atoms in total. The molecular weight excluding hydrogens is 421 g/mol. The van der Waals surface area contributed by atoms with Crippen LogP contribution >= 0.6 is 0 Å². The summed E-state index contributed by atoms with van der Waals surface area (Å²) in [5.74, 6) is 0.212. The highest BCUT2D eigenvalue weighted by molar-refractivity contribution is 5.86. The molecule has 4 unspecified atom stereocenters. The van der Waals surface area contributed by atoms with E-state index in [2.05, 4.69) is 10.9 Å². The van der Waals surface area contributed by atoms with Gasteiger partial charge in [0.2, 0.25) is 5.91 Å². The largest absolute Gasteiger partial charge is 0.508 e. The molecule has 3 aromatic rings. The molecule has 1 amide bonds. The predicted molar refractivity (Wildman–Crippen MR) is 122 cm³/mol. The molecule has 0 radical (unpaired) electrons. The summed E-state index contributed by atoms with van der Waals surface area (Å²) in [6, 6.07) is 20.1. The van der Waals surface area contributed by atoms with Crippen molar-refractivity contribution >= 4 is 5.91 Å². The third-order valence-corrected chi connectivity index (χ3v) is 6.71. The van der Waals surface area contributed by atoms with E-state index in [-0.39, 0.29) is 29.4 Å². The maximum atomic E-state index is 15.0. The lowest BCUT2D eigenvalue weighted by Gasteiger charge is -2.31. The Morgan fingerprint density at radius 2 is 1.61 bits per heavy atom. The lowest BCUT2D eigenvalue weighted by Crippen LogP contribution is -2.42. The lowest BCUT2D eigenvalue weighted by atomic mass is 9.83. The number of fused-ring (bicyclic) bond motifs is 1. The van der Waals surface area contributed by atoms with Gasteiger partial charge in [-0.25, -0.2) is 15.2 Å². The van der Waals surface area contributed by atoms with Crippen molar-refractivity contribution < 1.29 is 19.0 Å². The fraction of sp³-hybridized carbons (Fsp3) is 0.269. The van der Waals surface area contributed by atoms with Crippen molar-refractivity contribution in [2.45, 2.75) is 24.5 Å². The molecule has 33 heavy (non-hydrogen) atoms. The van der Waals surface area contributed by atoms with E-state index in [0.717, 1.165) is 11.3 Å². The van der Waals surface area contributed by atoms with Gasteiger partial charge in [-0.2, -0.15) is 0 Å². The highest BCUT2D eigenvalue weighted by atomic mass is 19.1. The Morgan fingerprint density at radius 1 is 0.939 bits per heavy atom. The van der Waals surface area contributed by atoms with Gasteiger partial charge in [-0.1, -0.05) is 48.5 Å². The quantitative estimate of drug-likeness (QED) is 0.540. The Morgan fingerprint density at radius 3 is 2.30 bits per heavy atom. The molecule has 0 aliphatic carbocycles. The number of phenolic OH excluding ortho intramolecular Hbond substituents is 1. The third kappa shape index (κ3) is 3.83. The molecule has 2 aliphatic heterocycles. The van der Waals surface area contributed by atoms with E-state index in [1.807, 2.05) is 36.4 Å². The third-order valence-electron chi connectivity index (χ3n) is 6.71. The van der Waals surface area contributed by atoms with E-state index < -0.39 is 12.1 Å². The molecule has 170 valence electrons. The zero-order chi connectivity index (χ0) is 22.9. The number of halogens is 1. The Hall–Kier alpha value is -3.42. The number of phenols is 1. The number of hydrazine groups is 1. The number of hydrogen-bond acceptors (Lipinski definition) is 5. The van der Waals surface area contributed by atoms with Crippen LogP contribution in [-0.2, 0) is 11.2 Å². The van der Waals surface area contributed by atoms with E-state index in [0.29, 0.717) is 24.1 Å². The summed E-state index contributed by atoms with van der Waals surface area (Å²) in [5, 5.41) is 10.5. The summed E-state index contributed by atoms with van der Waals surface area (Å²) < 4.78 is 20.2. The molecule has 2 aliphatic rings. The van der Waals surface area contributed by atoms with Gasteiger partial charge in [0.1, 0.15) is 23.4 Å². The van der Waals surface area contributed by atoms with Crippen molar-refractivity contribution in [2.24, 2.45) is 5.92 Å². The summed E-state index contributed by atoms with van der Waals surface area (Å²) >= 11 is 0. The first-order chi connectivity index (χ1) is 16.1. The number of rotatable bonds is 6. The number of carbonyl (C=O) groups excluding carboxylic acids is 1. The molecule has 5 rings (SSSR count). The predicted octanol–water partition coefficient (Wildman–Crippen LogP) is 3.50. The fourth-order valence-electron chi connectivity index (χ4n) is 5.10. The van der Waals surface area contributed by atoms with E-state index in [4.69, 9.17) is 4.74 Å². The molecule has 2 fully saturated rings. The van der Waals surface area contributed by atoms with Crippen LogP contribution in [0.5, 0.6) is 11.5 Å². The first-order valence-corrected chi connectivity index (χ1v) is 11.1. The molecule has 2 heterocycles. The smallest absolute Gasteiger partial charge is 0.242 e. The second-order valence-electron chi connectivity index (χ2n) is 8.48. The number of benzene rings is 3. The van der Waals surface area contributed by atoms with Crippen LogP contribution < -0.4 is 15.6 Å². The van der Waals surface area contributed by atoms with Crippen LogP contribution in [0.2, 0.25) is 0 Å². The van der Waals surface area contributed by atoms with Crippen molar-refractivity contribution in [1.82, 2.24) is 15.8 Å². The monoisotopic (exact) mass is 447 g/mol. The van der Waals surface area contributed by atoms with Gasteiger partial charge in [-0.15, -0.1) is 0 Å². The van der Waals surface area contributed by atoms with Crippen LogP contribution in [-0.4, -0.2) is 35.6 Å². The number of ether oxygens (including phenoxy) is 1. The minimum absolute atomic E-state index is 0.0767. The number of carbonyl (C=O) groups is 1. The average molecular weight is 448 g/mol. The summed E-state index contributed by atoms with van der Waals surface area (Å²) in [7, 11) is 1.62. The van der Waals surface area contributed by atoms with E-state index in [1.165, 1.54) is 6.07 Å². The molecule has 0 saturated carbocycles. The fourth-order valence-corrected chi connectivity index (χ4v) is 5.10. The molecule has 4 atom stereocenters. The van der Waals surface area contributed by atoms with Crippen molar-refractivity contribution in [3.8, 4) is 11.5 Å². The van der Waals surface area contributed by atoms with Crippen LogP contribution in [0.15, 0.2) is 72.8 Å². The van der Waals surface area contributed by atoms with Gasteiger partial charge in [-0.05, 0) is 36.2 Å². The second kappa shape index (κ2) is 8.84. The highest BCUT2D eigenvalue weighted by Crippen LogP contribution is 2.48. The maximum Gasteiger partial charge on any atom is 0.242 e. The number of nitrogens with one attached hydrogen (secondary N) is 2. The van der Waals surface area contributed by atoms with Crippen molar-refractivity contribution in [3.63, 3.8) is 0 Å². The molecule has 0 spiro atoms. The van der Waals surface area contributed by atoms with E-state index >= 15 is 4.39 Å². The average Bonchev–Trinajstić information content (AvgIpc) is 3.38. The maximum absolute atomic E-state index is 15.0. The normalized spacial score (nSPS) is 24.2. The first kappa shape index (κ1) is 21.4. The number of hydrogen-bond donors (Lipinski definition) is 3. The molecular formula is C26H26FN3O3. The lowest BCUT2D eigenvalue weighted by molar-refractivity contribution is -0.130. The zero-order valence-electron chi connectivity index (χ0n) is 18.2. The summed E-state index contributed by atoms with van der Waals surface area (Å²) in [6.45, 7) is 0.451. The SMILES string of the molecule is COc1ccc(CCN2C(=O)C3NNC(c4ccccc4O)C3C2c2ccccc2F)cc1. The second-order valence-corrected chi connectivity index (χ2v) is 8.48. The van der Waals surface area contributed by atoms with Gasteiger partial charge >= 0.3 is 0 Å². The number of methoxy groups -OCH3 is 1. The van der Waals surface area contributed by atoms with Crippen LogP contribution in [0, 0.1) is 11.7 Å². The standard InChI is InChI=1S/C26H26FN3O3/c1-33-17-12-10-16(11-13-17)14-15-30-25(18-6-2-4-8-20(18)27)22-23(28-29-24(22)26(30)32)19-7-3-5-9-21(19)31/h2-13,22-25,28-29,31H,14-15H2,1H3. The van der Waals surface area contributed by atoms with Crippen LogP contribution in [0.3, 0.4) is 0 Å². The van der Waals surface area contributed by atoms with Gasteiger partial charge in [0.25, 0.3) is 0 Å². The number of likely N-dealkylation sites (tertiary alicyclic amines) is 1. The molecule has 3 aromatic carbocycles. The molecule has 2 saturated heterocycles. The Kier molecular flexibility index (Phi) is 5.74. The minimum atomic E-state index is -0.518. The van der Waals surface area contributed by atoms with Crippen LogP contribution in [0.1, 0.15) is 28.8 Å². The Labute approximate surface area is 192 Å². The van der Waals surface area contributed by atoms with E-state index in [1.54, 1.807) is 42.3 Å². The van der Waals surface area contributed by atoms with Gasteiger partial charge in [0, 0.05) is 23.6 Å². The number of aromatic hydroxyl groups is 1. The van der Waals surface area contributed by atoms with Gasteiger partial charge in [0.15, 0.2) is 0 Å². The minimum Gasteiger partial charge on any atom is -0.508 e. The van der Waals surface area contributed by atoms with Gasteiger partial charge in [-0.3, -0.25) is 4.79 Å². The summed E-state index contributed by atoms with van der Waals surface area (Å²) in [6.07, 6.45) is 0.634. The summed E-state index contributed by atoms with van der Waals surface area (Å²) in [5.41, 5.74) is 8.53. The first-order valence-electron chi connectivity index (χ1n) is 11.1. The number of para-hydroxylation sites is 1. The summed E-state index contributed by atoms with van der Waals surface area (Å²) in [4.78, 5) is 15.3. The van der Waals surface area contributed by atoms with Crippen LogP contribution in [0.4, 0.5) is 4.39 Å². The molecule has 3 N–H and O–H groups in total. The van der Waals surface area contributed by atoms with Crippen LogP contribution in [0.25, 0.3) is 0 Å². The topological polar surface area (TPSA) is 73.8 Å². The zero-order valence-corrected chi connectivity index (χ0v) is 18.2. The van der Waals surface area contributed by atoms with Crippen molar-refractivity contribution in [2.75, 3.05) is 13.7 Å². The molecule has 0 aromatic heterocycles. The van der Waals surface area contributed by atoms with Crippen molar-refractivity contribution in [1.29, 1.82) is 0 Å². The Bertz CT molecular complexity index is 1150. The number of amides is 1. The molecule has 7 heteroatoms. The van der Waals surface area contributed by atoms with Gasteiger partial charge < -0.3 is 14.7 Å².